The molecule has 3 rings (SSSR count). The maximum atomic E-state index is 9.00. The first-order valence-electron chi connectivity index (χ1n) is 7.04. The van der Waals surface area contributed by atoms with Gasteiger partial charge in [0.1, 0.15) is 5.82 Å². The monoisotopic (exact) mass is 363 g/mol. The van der Waals surface area contributed by atoms with E-state index in [4.69, 9.17) is 10.8 Å². The lowest BCUT2D eigenvalue weighted by Gasteiger charge is -2.05. The highest BCUT2D eigenvalue weighted by atomic mass is 79.9. The number of hydrogen-bond donors (Lipinski definition) is 2. The average Bonchev–Trinajstić information content (AvgIpc) is 3.05. The van der Waals surface area contributed by atoms with Crippen LogP contribution in [0.15, 0.2) is 35.2 Å². The van der Waals surface area contributed by atoms with Crippen LogP contribution in [0.2, 0.25) is 0 Å². The van der Waals surface area contributed by atoms with Crippen molar-refractivity contribution in [3.8, 4) is 0 Å². The van der Waals surface area contributed by atoms with Crippen molar-refractivity contribution in [3.63, 3.8) is 0 Å². The van der Waals surface area contributed by atoms with Crippen LogP contribution in [0, 0.1) is 0 Å². The zero-order valence-corrected chi connectivity index (χ0v) is 13.9. The Bertz CT molecular complexity index is 794. The van der Waals surface area contributed by atoms with Crippen LogP contribution in [0.4, 0.5) is 0 Å². The van der Waals surface area contributed by atoms with Gasteiger partial charge in [0.2, 0.25) is 0 Å². The van der Waals surface area contributed by atoms with Gasteiger partial charge in [-0.1, -0.05) is 15.9 Å². The van der Waals surface area contributed by atoms with E-state index in [-0.39, 0.29) is 12.6 Å². The van der Waals surface area contributed by atoms with Crippen LogP contribution in [-0.4, -0.2) is 36.9 Å². The number of rotatable bonds is 5. The van der Waals surface area contributed by atoms with E-state index in [1.165, 1.54) is 0 Å². The highest BCUT2D eigenvalue weighted by Gasteiger charge is 2.10. The highest BCUT2D eigenvalue weighted by Crippen LogP contribution is 2.20. The predicted octanol–water partition coefficient (Wildman–Crippen LogP) is 1.44. The lowest BCUT2D eigenvalue weighted by molar-refractivity contribution is 0.264. The molecule has 1 aromatic carbocycles. The van der Waals surface area contributed by atoms with Gasteiger partial charge in [-0.25, -0.2) is 9.97 Å². The first-order chi connectivity index (χ1) is 10.6. The molecule has 0 aliphatic heterocycles. The molecule has 0 amide bonds. The van der Waals surface area contributed by atoms with Crippen LogP contribution < -0.4 is 5.73 Å². The molecule has 3 aromatic rings. The number of hydrogen-bond acceptors (Lipinski definition) is 4. The Kier molecular flexibility index (Phi) is 4.28. The van der Waals surface area contributed by atoms with Gasteiger partial charge in [-0.15, -0.1) is 0 Å². The molecule has 0 aliphatic rings. The van der Waals surface area contributed by atoms with Crippen LogP contribution >= 0.6 is 15.9 Å². The Balaban J connectivity index is 1.83. The summed E-state index contributed by atoms with van der Waals surface area (Å²) in [5.74, 6) is 0.962. The van der Waals surface area contributed by atoms with E-state index in [0.717, 1.165) is 27.0 Å². The molecular weight excluding hydrogens is 346 g/mol. The van der Waals surface area contributed by atoms with Gasteiger partial charge in [0.25, 0.3) is 0 Å². The van der Waals surface area contributed by atoms with Gasteiger partial charge in [-0.2, -0.15) is 0 Å². The normalized spacial score (nSPS) is 12.9. The number of nitrogens with two attached hydrogens (primary N) is 1. The number of aliphatic hydroxyl groups is 1. The summed E-state index contributed by atoms with van der Waals surface area (Å²) in [7, 11) is 2.01. The number of aliphatic hydroxyl groups excluding tert-OH is 1. The first-order valence-corrected chi connectivity index (χ1v) is 7.84. The quantitative estimate of drug-likeness (QED) is 0.718. The van der Waals surface area contributed by atoms with E-state index in [9.17, 15) is 0 Å². The summed E-state index contributed by atoms with van der Waals surface area (Å²) in [6.07, 6.45) is 4.29. The Morgan fingerprint density at radius 2 is 2.23 bits per heavy atom. The second-order valence-corrected chi connectivity index (χ2v) is 6.32. The number of benzene rings is 1. The molecule has 0 saturated carbocycles. The fraction of sp³-hybridized carbons (Fsp3) is 0.333. The van der Waals surface area contributed by atoms with Crippen molar-refractivity contribution in [2.24, 2.45) is 12.8 Å². The fourth-order valence-corrected chi connectivity index (χ4v) is 2.80. The molecule has 0 bridgehead atoms. The largest absolute Gasteiger partial charge is 0.395 e. The molecule has 22 heavy (non-hydrogen) atoms. The number of halogens is 1. The molecule has 2 aromatic heterocycles. The highest BCUT2D eigenvalue weighted by molar-refractivity contribution is 9.10. The SMILES string of the molecule is Cn1c(Cn2cnc(C[C@H](N)CO)c2)nc2ccc(Br)cc21. The maximum absolute atomic E-state index is 9.00. The van der Waals surface area contributed by atoms with Crippen molar-refractivity contribution in [2.45, 2.75) is 19.0 Å². The Morgan fingerprint density at radius 1 is 1.41 bits per heavy atom. The maximum Gasteiger partial charge on any atom is 0.129 e. The van der Waals surface area contributed by atoms with Crippen molar-refractivity contribution in [1.29, 1.82) is 0 Å². The minimum atomic E-state index is -0.267. The van der Waals surface area contributed by atoms with E-state index in [1.54, 1.807) is 6.33 Å². The molecule has 2 heterocycles. The summed E-state index contributed by atoms with van der Waals surface area (Å²) < 4.78 is 5.10. The topological polar surface area (TPSA) is 81.9 Å². The van der Waals surface area contributed by atoms with E-state index >= 15 is 0 Å². The second-order valence-electron chi connectivity index (χ2n) is 5.40. The standard InChI is InChI=1S/C15H18BrN5O/c1-20-14-4-10(16)2-3-13(14)19-15(20)7-21-6-12(18-9-21)5-11(17)8-22/h2-4,6,9,11,22H,5,7-8,17H2,1H3/t11-/m0/s1. The molecule has 0 unspecified atom stereocenters. The van der Waals surface area contributed by atoms with Crippen LogP contribution in [0.3, 0.4) is 0 Å². The second kappa shape index (κ2) is 6.20. The lowest BCUT2D eigenvalue weighted by Crippen LogP contribution is -2.26. The third-order valence-electron chi connectivity index (χ3n) is 3.65. The van der Waals surface area contributed by atoms with Gasteiger partial charge in [-0.3, -0.25) is 0 Å². The molecule has 116 valence electrons. The van der Waals surface area contributed by atoms with Crippen molar-refractivity contribution in [2.75, 3.05) is 6.61 Å². The molecular formula is C15H18BrN5O. The molecule has 0 saturated heterocycles. The zero-order valence-electron chi connectivity index (χ0n) is 12.3. The molecule has 0 radical (unpaired) electrons. The third kappa shape index (κ3) is 3.06. The van der Waals surface area contributed by atoms with E-state index in [0.29, 0.717) is 13.0 Å². The number of aryl methyl sites for hydroxylation is 1. The summed E-state index contributed by atoms with van der Waals surface area (Å²) in [6, 6.07) is 5.79. The van der Waals surface area contributed by atoms with Crippen molar-refractivity contribution < 1.29 is 5.11 Å². The number of imidazole rings is 2. The minimum Gasteiger partial charge on any atom is -0.395 e. The van der Waals surface area contributed by atoms with Crippen LogP contribution in [-0.2, 0) is 20.0 Å². The Morgan fingerprint density at radius 3 is 3.00 bits per heavy atom. The number of aromatic nitrogens is 4. The summed E-state index contributed by atoms with van der Waals surface area (Å²) >= 11 is 3.49. The van der Waals surface area contributed by atoms with Gasteiger partial charge in [-0.05, 0) is 18.2 Å². The molecule has 3 N–H and O–H groups in total. The third-order valence-corrected chi connectivity index (χ3v) is 4.15. The first kappa shape index (κ1) is 15.2. The van der Waals surface area contributed by atoms with Crippen LogP contribution in [0.5, 0.6) is 0 Å². The van der Waals surface area contributed by atoms with Crippen LogP contribution in [0.25, 0.3) is 11.0 Å². The van der Waals surface area contributed by atoms with Gasteiger partial charge in [0.05, 0.1) is 36.2 Å². The van der Waals surface area contributed by atoms with Gasteiger partial charge < -0.3 is 20.0 Å². The van der Waals surface area contributed by atoms with E-state index < -0.39 is 0 Å². The smallest absolute Gasteiger partial charge is 0.129 e. The van der Waals surface area contributed by atoms with Crippen molar-refractivity contribution in [3.05, 3.63) is 46.7 Å². The lowest BCUT2D eigenvalue weighted by atomic mass is 10.2. The van der Waals surface area contributed by atoms with Gasteiger partial charge >= 0.3 is 0 Å². The Labute approximate surface area is 136 Å². The number of nitrogens with zero attached hydrogens (tertiary/aromatic N) is 4. The molecule has 0 spiro atoms. The summed E-state index contributed by atoms with van der Waals surface area (Å²) in [4.78, 5) is 8.99. The predicted molar refractivity (Wildman–Crippen MR) is 88.5 cm³/mol. The van der Waals surface area contributed by atoms with E-state index in [2.05, 4.69) is 36.5 Å². The van der Waals surface area contributed by atoms with Crippen molar-refractivity contribution >= 4 is 27.0 Å². The summed E-state index contributed by atoms with van der Waals surface area (Å²) in [5.41, 5.74) is 8.68. The summed E-state index contributed by atoms with van der Waals surface area (Å²) in [5, 5.41) is 9.00. The fourth-order valence-electron chi connectivity index (χ4n) is 2.45. The van der Waals surface area contributed by atoms with E-state index in [1.807, 2.05) is 29.9 Å². The molecule has 7 heteroatoms. The molecule has 0 aliphatic carbocycles. The minimum absolute atomic E-state index is 0.0352. The van der Waals surface area contributed by atoms with Crippen LogP contribution in [0.1, 0.15) is 11.5 Å². The number of fused-ring (bicyclic) bond motifs is 1. The average molecular weight is 364 g/mol. The zero-order chi connectivity index (χ0) is 15.7. The van der Waals surface area contributed by atoms with Gasteiger partial charge in [0.15, 0.2) is 0 Å². The molecule has 0 fully saturated rings. The van der Waals surface area contributed by atoms with Crippen molar-refractivity contribution in [1.82, 2.24) is 19.1 Å². The molecule has 6 nitrogen and oxygen atoms in total. The van der Waals surface area contributed by atoms with Gasteiger partial charge in [0, 0.05) is 30.2 Å². The summed E-state index contributed by atoms with van der Waals surface area (Å²) in [6.45, 7) is 0.608. The molecule has 1 atom stereocenters. The Hall–Kier alpha value is -1.70.